The molecule has 0 radical (unpaired) electrons. The van der Waals surface area contributed by atoms with Gasteiger partial charge in [-0.05, 0) is 41.6 Å². The van der Waals surface area contributed by atoms with Crippen LogP contribution in [0.3, 0.4) is 0 Å². The SMILES string of the molecule is N#Cc1ccc(OCC(O)COc2cccc3oc(-c4nn[nH]n4)cc(=O)c23)cc1.[H-].[Na+]. The number of nitrogens with zero attached hydrogens (tertiary/aromatic N) is 4. The largest absolute Gasteiger partial charge is 1.00 e. The van der Waals surface area contributed by atoms with Crippen molar-refractivity contribution in [1.29, 1.82) is 5.26 Å². The average molecular weight is 429 g/mol. The molecule has 152 valence electrons. The summed E-state index contributed by atoms with van der Waals surface area (Å²) in [5.41, 5.74) is 0.474. The summed E-state index contributed by atoms with van der Waals surface area (Å²) in [5.74, 6) is 1.14. The van der Waals surface area contributed by atoms with Crippen molar-refractivity contribution in [3.8, 4) is 29.2 Å². The number of nitrogens with one attached hydrogen (secondary N) is 1. The molecular formula is C20H16N5NaO5. The van der Waals surface area contributed by atoms with Gasteiger partial charge in [0.15, 0.2) is 11.2 Å². The maximum absolute atomic E-state index is 12.6. The molecule has 0 aliphatic heterocycles. The Morgan fingerprint density at radius 1 is 1.19 bits per heavy atom. The third kappa shape index (κ3) is 5.28. The normalized spacial score (nSPS) is 11.4. The Morgan fingerprint density at radius 2 is 1.97 bits per heavy atom. The zero-order valence-corrected chi connectivity index (χ0v) is 18.5. The zero-order chi connectivity index (χ0) is 20.9. The van der Waals surface area contributed by atoms with Gasteiger partial charge in [-0.25, -0.2) is 0 Å². The Kier molecular flexibility index (Phi) is 7.38. The maximum atomic E-state index is 12.6. The number of aliphatic hydroxyl groups excluding tert-OH is 1. The molecule has 2 N–H and O–H groups in total. The Bertz CT molecular complexity index is 1260. The molecule has 0 fully saturated rings. The van der Waals surface area contributed by atoms with Gasteiger partial charge in [0.1, 0.15) is 41.8 Å². The van der Waals surface area contributed by atoms with E-state index in [9.17, 15) is 9.90 Å². The number of benzene rings is 2. The van der Waals surface area contributed by atoms with Crippen molar-refractivity contribution < 1.29 is 50.0 Å². The number of ether oxygens (including phenoxy) is 2. The minimum absolute atomic E-state index is 0. The molecule has 4 rings (SSSR count). The van der Waals surface area contributed by atoms with Gasteiger partial charge in [0.05, 0.1) is 11.6 Å². The van der Waals surface area contributed by atoms with Gasteiger partial charge in [-0.3, -0.25) is 4.79 Å². The zero-order valence-electron chi connectivity index (χ0n) is 17.5. The monoisotopic (exact) mass is 429 g/mol. The number of rotatable bonds is 7. The van der Waals surface area contributed by atoms with Crippen molar-refractivity contribution in [3.63, 3.8) is 0 Å². The third-order valence-corrected chi connectivity index (χ3v) is 4.14. The number of tetrazole rings is 1. The van der Waals surface area contributed by atoms with Crippen molar-refractivity contribution in [2.75, 3.05) is 13.2 Å². The fourth-order valence-electron chi connectivity index (χ4n) is 2.73. The molecule has 1 atom stereocenters. The number of aromatic amines is 1. The van der Waals surface area contributed by atoms with Crippen LogP contribution in [0.5, 0.6) is 11.5 Å². The van der Waals surface area contributed by atoms with Gasteiger partial charge in [0.25, 0.3) is 0 Å². The van der Waals surface area contributed by atoms with Crippen LogP contribution in [0.25, 0.3) is 22.6 Å². The first-order valence-corrected chi connectivity index (χ1v) is 8.88. The van der Waals surface area contributed by atoms with Crippen LogP contribution in [0.1, 0.15) is 6.99 Å². The van der Waals surface area contributed by atoms with Crippen LogP contribution in [-0.2, 0) is 0 Å². The van der Waals surface area contributed by atoms with Crippen LogP contribution < -0.4 is 44.5 Å². The second-order valence-corrected chi connectivity index (χ2v) is 6.25. The minimum Gasteiger partial charge on any atom is -1.00 e. The van der Waals surface area contributed by atoms with Gasteiger partial charge in [0, 0.05) is 6.07 Å². The number of hydrogen-bond donors (Lipinski definition) is 2. The van der Waals surface area contributed by atoms with Crippen molar-refractivity contribution in [2.24, 2.45) is 0 Å². The van der Waals surface area contributed by atoms with Crippen molar-refractivity contribution >= 4 is 11.0 Å². The van der Waals surface area contributed by atoms with Crippen LogP contribution in [0, 0.1) is 11.3 Å². The molecule has 0 bridgehead atoms. The number of aliphatic hydroxyl groups is 1. The quantitative estimate of drug-likeness (QED) is 0.345. The number of nitriles is 1. The first-order valence-electron chi connectivity index (χ1n) is 8.88. The molecule has 2 aromatic heterocycles. The number of aromatic nitrogens is 4. The molecule has 0 amide bonds. The predicted octanol–water partition coefficient (Wildman–Crippen LogP) is -1.22. The van der Waals surface area contributed by atoms with E-state index in [1.165, 1.54) is 6.07 Å². The molecule has 10 nitrogen and oxygen atoms in total. The topological polar surface area (TPSA) is 147 Å². The van der Waals surface area contributed by atoms with E-state index in [0.29, 0.717) is 16.9 Å². The Morgan fingerprint density at radius 3 is 2.68 bits per heavy atom. The minimum atomic E-state index is -0.943. The van der Waals surface area contributed by atoms with Crippen LogP contribution in [-0.4, -0.2) is 45.0 Å². The summed E-state index contributed by atoms with van der Waals surface area (Å²) >= 11 is 0. The molecule has 11 heteroatoms. The Labute approximate surface area is 199 Å². The molecule has 31 heavy (non-hydrogen) atoms. The van der Waals surface area contributed by atoms with Gasteiger partial charge in [0.2, 0.25) is 5.82 Å². The summed E-state index contributed by atoms with van der Waals surface area (Å²) in [6.07, 6.45) is -0.943. The predicted molar refractivity (Wildman–Crippen MR) is 105 cm³/mol. The van der Waals surface area contributed by atoms with E-state index in [1.807, 2.05) is 6.07 Å². The van der Waals surface area contributed by atoms with Gasteiger partial charge in [-0.15, -0.1) is 10.2 Å². The van der Waals surface area contributed by atoms with E-state index in [0.717, 1.165) is 0 Å². The Balaban J connectivity index is 0.00000181. The fourth-order valence-corrected chi connectivity index (χ4v) is 2.73. The molecule has 2 aromatic carbocycles. The third-order valence-electron chi connectivity index (χ3n) is 4.14. The molecular weight excluding hydrogens is 413 g/mol. The standard InChI is InChI=1S/C20H15N5O5.Na.H/c21-9-12-4-6-14(7-5-12)28-10-13(26)11-29-16-2-1-3-17-19(16)15(27)8-18(30-17)20-22-24-25-23-20;;/h1-8,13,26H,10-11H2,(H,22,23,24,25);;/q;+1;-1. The van der Waals surface area contributed by atoms with E-state index in [2.05, 4.69) is 20.6 Å². The van der Waals surface area contributed by atoms with Gasteiger partial charge in [-0.2, -0.15) is 10.5 Å². The molecule has 0 aliphatic carbocycles. The van der Waals surface area contributed by atoms with Crippen molar-refractivity contribution in [2.45, 2.75) is 6.10 Å². The summed E-state index contributed by atoms with van der Waals surface area (Å²) in [4.78, 5) is 12.6. The summed E-state index contributed by atoms with van der Waals surface area (Å²) in [5, 5.41) is 32.5. The van der Waals surface area contributed by atoms with Crippen LogP contribution >= 0.6 is 0 Å². The fraction of sp³-hybridized carbons (Fsp3) is 0.150. The molecule has 0 aliphatic rings. The average Bonchev–Trinajstić information content (AvgIpc) is 3.31. The number of hydrogen-bond acceptors (Lipinski definition) is 9. The van der Waals surface area contributed by atoms with E-state index >= 15 is 0 Å². The summed E-state index contributed by atoms with van der Waals surface area (Å²) in [6.45, 7) is -0.116. The molecule has 0 saturated heterocycles. The summed E-state index contributed by atoms with van der Waals surface area (Å²) in [7, 11) is 0. The molecule has 4 aromatic rings. The van der Waals surface area contributed by atoms with E-state index in [-0.39, 0.29) is 72.3 Å². The second kappa shape index (κ2) is 10.2. The van der Waals surface area contributed by atoms with Crippen molar-refractivity contribution in [1.82, 2.24) is 20.6 Å². The first kappa shape index (κ1) is 22.5. The van der Waals surface area contributed by atoms with Crippen LogP contribution in [0.15, 0.2) is 57.7 Å². The van der Waals surface area contributed by atoms with E-state index < -0.39 is 6.10 Å². The Hall–Kier alpha value is -3.23. The van der Waals surface area contributed by atoms with E-state index in [4.69, 9.17) is 19.2 Å². The van der Waals surface area contributed by atoms with Crippen molar-refractivity contribution in [3.05, 3.63) is 64.3 Å². The summed E-state index contributed by atoms with van der Waals surface area (Å²) in [6, 6.07) is 14.7. The van der Waals surface area contributed by atoms with Crippen LogP contribution in [0.4, 0.5) is 0 Å². The van der Waals surface area contributed by atoms with Gasteiger partial charge >= 0.3 is 29.6 Å². The molecule has 2 heterocycles. The van der Waals surface area contributed by atoms with Gasteiger partial charge in [-0.1, -0.05) is 6.07 Å². The smallest absolute Gasteiger partial charge is 1.00 e. The maximum Gasteiger partial charge on any atom is 1.00 e. The molecule has 0 spiro atoms. The van der Waals surface area contributed by atoms with Crippen LogP contribution in [0.2, 0.25) is 0 Å². The number of H-pyrrole nitrogens is 1. The summed E-state index contributed by atoms with van der Waals surface area (Å²) < 4.78 is 16.8. The van der Waals surface area contributed by atoms with E-state index in [1.54, 1.807) is 42.5 Å². The molecule has 0 saturated carbocycles. The second-order valence-electron chi connectivity index (χ2n) is 6.25. The number of fused-ring (bicyclic) bond motifs is 1. The molecule has 1 unspecified atom stereocenters. The first-order chi connectivity index (χ1) is 14.6. The van der Waals surface area contributed by atoms with Gasteiger partial charge < -0.3 is 20.4 Å².